The van der Waals surface area contributed by atoms with E-state index in [1.54, 1.807) is 0 Å². The van der Waals surface area contributed by atoms with E-state index in [9.17, 15) is 0 Å². The minimum Gasteiger partial charge on any atom is -0.380 e. The van der Waals surface area contributed by atoms with Gasteiger partial charge in [-0.05, 0) is 38.3 Å². The normalized spacial score (nSPS) is 16.6. The van der Waals surface area contributed by atoms with Crippen molar-refractivity contribution in [2.75, 3.05) is 72.6 Å². The summed E-state index contributed by atoms with van der Waals surface area (Å²) >= 11 is 0. The summed E-state index contributed by atoms with van der Waals surface area (Å²) in [7, 11) is 1.82. The number of ether oxygens (including phenoxy) is 1. The molecule has 0 unspecified atom stereocenters. The monoisotopic (exact) mass is 483 g/mol. The van der Waals surface area contributed by atoms with Gasteiger partial charge < -0.3 is 25.2 Å². The zero-order valence-corrected chi connectivity index (χ0v) is 19.8. The van der Waals surface area contributed by atoms with Crippen molar-refractivity contribution < 1.29 is 4.74 Å². The number of unbranched alkanes of at least 4 members (excludes halogenated alkanes) is 1. The SMILES string of the molecule is CCN1CCN(CCCCNC(=NC)NCCOCCC(C)C)CC1.I. The van der Waals surface area contributed by atoms with Gasteiger partial charge >= 0.3 is 0 Å². The van der Waals surface area contributed by atoms with Crippen LogP contribution in [0.3, 0.4) is 0 Å². The molecule has 0 atom stereocenters. The third kappa shape index (κ3) is 13.1. The second-order valence-corrected chi connectivity index (χ2v) is 7.20. The zero-order valence-electron chi connectivity index (χ0n) is 17.4. The Kier molecular flexibility index (Phi) is 16.9. The number of aliphatic imine (C=N–C) groups is 1. The molecule has 0 spiro atoms. The molecule has 1 rings (SSSR count). The number of rotatable bonds is 12. The summed E-state index contributed by atoms with van der Waals surface area (Å²) < 4.78 is 5.61. The minimum atomic E-state index is 0. The second-order valence-electron chi connectivity index (χ2n) is 7.20. The third-order valence-electron chi connectivity index (χ3n) is 4.71. The lowest BCUT2D eigenvalue weighted by Gasteiger charge is -2.34. The van der Waals surface area contributed by atoms with Crippen LogP contribution in [0.4, 0.5) is 0 Å². The Morgan fingerprint density at radius 1 is 1.00 bits per heavy atom. The molecule has 1 fully saturated rings. The largest absolute Gasteiger partial charge is 0.380 e. The molecule has 7 heteroatoms. The third-order valence-corrected chi connectivity index (χ3v) is 4.71. The van der Waals surface area contributed by atoms with Gasteiger partial charge in [0.25, 0.3) is 0 Å². The van der Waals surface area contributed by atoms with E-state index >= 15 is 0 Å². The van der Waals surface area contributed by atoms with Gasteiger partial charge in [-0.3, -0.25) is 4.99 Å². The Hall–Kier alpha value is -0.120. The van der Waals surface area contributed by atoms with Crippen LogP contribution in [-0.2, 0) is 4.74 Å². The smallest absolute Gasteiger partial charge is 0.191 e. The van der Waals surface area contributed by atoms with Crippen molar-refractivity contribution in [3.8, 4) is 0 Å². The number of hydrogen-bond donors (Lipinski definition) is 2. The van der Waals surface area contributed by atoms with Gasteiger partial charge in [-0.15, -0.1) is 24.0 Å². The fourth-order valence-electron chi connectivity index (χ4n) is 2.88. The molecule has 0 radical (unpaired) electrons. The fourth-order valence-corrected chi connectivity index (χ4v) is 2.88. The molecule has 0 aromatic carbocycles. The van der Waals surface area contributed by atoms with Crippen molar-refractivity contribution in [2.24, 2.45) is 10.9 Å². The molecule has 0 aromatic rings. The number of hydrogen-bond acceptors (Lipinski definition) is 4. The van der Waals surface area contributed by atoms with Crippen LogP contribution in [-0.4, -0.2) is 88.4 Å². The van der Waals surface area contributed by atoms with Crippen molar-refractivity contribution >= 4 is 29.9 Å². The fraction of sp³-hybridized carbons (Fsp3) is 0.947. The lowest BCUT2D eigenvalue weighted by atomic mass is 10.1. The van der Waals surface area contributed by atoms with Crippen LogP contribution < -0.4 is 10.6 Å². The van der Waals surface area contributed by atoms with E-state index in [0.29, 0.717) is 5.92 Å². The van der Waals surface area contributed by atoms with Crippen LogP contribution in [0, 0.1) is 5.92 Å². The molecule has 1 heterocycles. The van der Waals surface area contributed by atoms with E-state index in [-0.39, 0.29) is 24.0 Å². The maximum absolute atomic E-state index is 5.61. The summed E-state index contributed by atoms with van der Waals surface area (Å²) in [5.41, 5.74) is 0. The molecule has 1 aliphatic heterocycles. The average Bonchev–Trinajstić information content (AvgIpc) is 2.62. The minimum absolute atomic E-state index is 0. The second kappa shape index (κ2) is 17.0. The molecule has 156 valence electrons. The average molecular weight is 483 g/mol. The molecule has 2 N–H and O–H groups in total. The highest BCUT2D eigenvalue weighted by atomic mass is 127. The number of likely N-dealkylation sites (N-methyl/N-ethyl adjacent to an activating group) is 1. The lowest BCUT2D eigenvalue weighted by molar-refractivity contribution is 0.128. The highest BCUT2D eigenvalue weighted by Gasteiger charge is 2.14. The molecule has 1 saturated heterocycles. The lowest BCUT2D eigenvalue weighted by Crippen LogP contribution is -2.46. The van der Waals surface area contributed by atoms with Crippen LogP contribution >= 0.6 is 24.0 Å². The van der Waals surface area contributed by atoms with Gasteiger partial charge in [-0.2, -0.15) is 0 Å². The molecular formula is C19H42IN5O. The van der Waals surface area contributed by atoms with Gasteiger partial charge in [0.15, 0.2) is 5.96 Å². The summed E-state index contributed by atoms with van der Waals surface area (Å²) in [6, 6.07) is 0. The van der Waals surface area contributed by atoms with Crippen molar-refractivity contribution in [1.29, 1.82) is 0 Å². The van der Waals surface area contributed by atoms with Gasteiger partial charge in [0.2, 0.25) is 0 Å². The topological polar surface area (TPSA) is 52.1 Å². The van der Waals surface area contributed by atoms with Crippen molar-refractivity contribution in [3.05, 3.63) is 0 Å². The maximum atomic E-state index is 5.61. The van der Waals surface area contributed by atoms with Crippen LogP contribution in [0.5, 0.6) is 0 Å². The Labute approximate surface area is 178 Å². The Bertz CT molecular complexity index is 347. The van der Waals surface area contributed by atoms with E-state index < -0.39 is 0 Å². The first-order valence-electron chi connectivity index (χ1n) is 10.1. The van der Waals surface area contributed by atoms with Gasteiger partial charge in [0.1, 0.15) is 0 Å². The van der Waals surface area contributed by atoms with Gasteiger partial charge in [-0.25, -0.2) is 0 Å². The first kappa shape index (κ1) is 25.9. The van der Waals surface area contributed by atoms with Crippen molar-refractivity contribution in [1.82, 2.24) is 20.4 Å². The predicted octanol–water partition coefficient (Wildman–Crippen LogP) is 2.25. The van der Waals surface area contributed by atoms with Crippen molar-refractivity contribution in [2.45, 2.75) is 40.0 Å². The summed E-state index contributed by atoms with van der Waals surface area (Å²) in [5.74, 6) is 1.59. The Morgan fingerprint density at radius 3 is 2.27 bits per heavy atom. The zero-order chi connectivity index (χ0) is 18.3. The quantitative estimate of drug-likeness (QED) is 0.193. The van der Waals surface area contributed by atoms with Crippen LogP contribution in [0.25, 0.3) is 0 Å². The van der Waals surface area contributed by atoms with E-state index in [4.69, 9.17) is 4.74 Å². The highest BCUT2D eigenvalue weighted by molar-refractivity contribution is 14.0. The first-order chi connectivity index (χ1) is 12.2. The Morgan fingerprint density at radius 2 is 1.65 bits per heavy atom. The predicted molar refractivity (Wildman–Crippen MR) is 123 cm³/mol. The van der Waals surface area contributed by atoms with E-state index in [2.05, 4.69) is 46.2 Å². The Balaban J connectivity index is 0.00000625. The van der Waals surface area contributed by atoms with E-state index in [0.717, 1.165) is 38.7 Å². The number of halogens is 1. The molecule has 1 aliphatic rings. The molecule has 6 nitrogen and oxygen atoms in total. The molecule has 0 bridgehead atoms. The summed E-state index contributed by atoms with van der Waals surface area (Å²) in [5, 5.41) is 6.70. The molecule has 26 heavy (non-hydrogen) atoms. The first-order valence-corrected chi connectivity index (χ1v) is 10.1. The highest BCUT2D eigenvalue weighted by Crippen LogP contribution is 2.02. The summed E-state index contributed by atoms with van der Waals surface area (Å²) in [6.45, 7) is 17.4. The summed E-state index contributed by atoms with van der Waals surface area (Å²) in [6.07, 6.45) is 3.55. The van der Waals surface area contributed by atoms with E-state index in [1.807, 2.05) is 7.05 Å². The molecule has 0 amide bonds. The number of piperazine rings is 1. The maximum Gasteiger partial charge on any atom is 0.191 e. The van der Waals surface area contributed by atoms with Crippen LogP contribution in [0.15, 0.2) is 4.99 Å². The van der Waals surface area contributed by atoms with Gasteiger partial charge in [0, 0.05) is 52.9 Å². The van der Waals surface area contributed by atoms with Crippen LogP contribution in [0.1, 0.15) is 40.0 Å². The number of guanidine groups is 1. The number of nitrogens with zero attached hydrogens (tertiary/aromatic N) is 3. The molecule has 0 aliphatic carbocycles. The molecular weight excluding hydrogens is 441 g/mol. The number of nitrogens with one attached hydrogen (secondary N) is 2. The van der Waals surface area contributed by atoms with Crippen LogP contribution in [0.2, 0.25) is 0 Å². The molecule has 0 aromatic heterocycles. The standard InChI is InChI=1S/C19H41N5O.HI/c1-5-23-12-14-24(15-13-23)11-7-6-9-21-19(20-4)22-10-17-25-16-8-18(2)3;/h18H,5-17H2,1-4H3,(H2,20,21,22);1H. The van der Waals surface area contributed by atoms with Crippen molar-refractivity contribution in [3.63, 3.8) is 0 Å². The van der Waals surface area contributed by atoms with Gasteiger partial charge in [-0.1, -0.05) is 20.8 Å². The summed E-state index contributed by atoms with van der Waals surface area (Å²) in [4.78, 5) is 9.38. The molecule has 0 saturated carbocycles. The van der Waals surface area contributed by atoms with Gasteiger partial charge in [0.05, 0.1) is 6.61 Å². The van der Waals surface area contributed by atoms with E-state index in [1.165, 1.54) is 52.1 Å².